The molecule has 1 fully saturated rings. The van der Waals surface area contributed by atoms with Crippen molar-refractivity contribution in [1.82, 2.24) is 15.2 Å². The maximum atomic E-state index is 5.69. The molecular formula is C16H27N3O. The quantitative estimate of drug-likeness (QED) is 0.785. The van der Waals surface area contributed by atoms with Gasteiger partial charge in [0.2, 0.25) is 0 Å². The molecule has 1 saturated heterocycles. The zero-order valence-electron chi connectivity index (χ0n) is 12.7. The Bertz CT molecular complexity index is 365. The van der Waals surface area contributed by atoms with Crippen LogP contribution in [0.25, 0.3) is 0 Å². The molecule has 1 aliphatic heterocycles. The number of rotatable bonds is 8. The summed E-state index contributed by atoms with van der Waals surface area (Å²) in [5.74, 6) is 0. The lowest BCUT2D eigenvalue weighted by Crippen LogP contribution is -2.41. The summed E-state index contributed by atoms with van der Waals surface area (Å²) in [7, 11) is 2.17. The second-order valence-electron chi connectivity index (χ2n) is 5.67. The van der Waals surface area contributed by atoms with Crippen LogP contribution in [0.3, 0.4) is 0 Å². The van der Waals surface area contributed by atoms with Crippen molar-refractivity contribution in [1.29, 1.82) is 0 Å². The van der Waals surface area contributed by atoms with Gasteiger partial charge in [-0.05, 0) is 38.9 Å². The highest BCUT2D eigenvalue weighted by Crippen LogP contribution is 2.15. The van der Waals surface area contributed by atoms with Crippen LogP contribution in [0.15, 0.2) is 24.4 Å². The lowest BCUT2D eigenvalue weighted by atomic mass is 10.1. The van der Waals surface area contributed by atoms with Crippen molar-refractivity contribution in [3.8, 4) is 0 Å². The predicted molar refractivity (Wildman–Crippen MR) is 81.9 cm³/mol. The molecule has 0 aromatic carbocycles. The van der Waals surface area contributed by atoms with Gasteiger partial charge < -0.3 is 15.0 Å². The summed E-state index contributed by atoms with van der Waals surface area (Å²) in [6.07, 6.45) is 5.69. The third-order valence-electron chi connectivity index (χ3n) is 3.96. The van der Waals surface area contributed by atoms with E-state index in [0.717, 1.165) is 32.7 Å². The normalized spacial score (nSPS) is 20.4. The molecule has 2 rings (SSSR count). The van der Waals surface area contributed by atoms with Crippen molar-refractivity contribution < 1.29 is 4.74 Å². The Hall–Kier alpha value is -0.970. The summed E-state index contributed by atoms with van der Waals surface area (Å²) < 4.78 is 5.69. The van der Waals surface area contributed by atoms with Crippen LogP contribution in [-0.2, 0) is 11.2 Å². The maximum absolute atomic E-state index is 5.69. The topological polar surface area (TPSA) is 37.4 Å². The number of hydrogen-bond acceptors (Lipinski definition) is 4. The molecule has 2 atom stereocenters. The Morgan fingerprint density at radius 2 is 2.35 bits per heavy atom. The Morgan fingerprint density at radius 3 is 3.05 bits per heavy atom. The number of ether oxygens (including phenoxy) is 1. The highest BCUT2D eigenvalue weighted by atomic mass is 16.5. The van der Waals surface area contributed by atoms with Gasteiger partial charge in [-0.2, -0.15) is 0 Å². The van der Waals surface area contributed by atoms with Gasteiger partial charge in [-0.3, -0.25) is 4.98 Å². The highest BCUT2D eigenvalue weighted by molar-refractivity contribution is 5.03. The SMILES string of the molecule is CC(NCCN(C)CCc1ccccn1)C1CCCO1. The largest absolute Gasteiger partial charge is 0.377 e. The fourth-order valence-electron chi connectivity index (χ4n) is 2.57. The van der Waals surface area contributed by atoms with E-state index in [1.807, 2.05) is 18.3 Å². The molecule has 1 aromatic heterocycles. The van der Waals surface area contributed by atoms with Crippen LogP contribution in [-0.4, -0.2) is 55.3 Å². The van der Waals surface area contributed by atoms with E-state index in [0.29, 0.717) is 12.1 Å². The van der Waals surface area contributed by atoms with Crippen molar-refractivity contribution >= 4 is 0 Å². The molecule has 4 nitrogen and oxygen atoms in total. The molecule has 112 valence electrons. The minimum atomic E-state index is 0.411. The fourth-order valence-corrected chi connectivity index (χ4v) is 2.57. The number of nitrogens with one attached hydrogen (secondary N) is 1. The van der Waals surface area contributed by atoms with Crippen LogP contribution in [0.1, 0.15) is 25.5 Å². The first kappa shape index (κ1) is 15.4. The zero-order chi connectivity index (χ0) is 14.2. The number of nitrogens with zero attached hydrogens (tertiary/aromatic N) is 2. The number of pyridine rings is 1. The molecule has 0 spiro atoms. The Labute approximate surface area is 122 Å². The second kappa shape index (κ2) is 8.35. The second-order valence-corrected chi connectivity index (χ2v) is 5.67. The molecule has 4 heteroatoms. The highest BCUT2D eigenvalue weighted by Gasteiger charge is 2.21. The third kappa shape index (κ3) is 5.19. The molecule has 2 unspecified atom stereocenters. The first-order valence-electron chi connectivity index (χ1n) is 7.69. The van der Waals surface area contributed by atoms with E-state index in [1.165, 1.54) is 18.5 Å². The van der Waals surface area contributed by atoms with Crippen molar-refractivity contribution in [3.05, 3.63) is 30.1 Å². The molecule has 0 aliphatic carbocycles. The average molecular weight is 277 g/mol. The lowest BCUT2D eigenvalue weighted by molar-refractivity contribution is 0.0830. The summed E-state index contributed by atoms with van der Waals surface area (Å²) in [6, 6.07) is 6.56. The molecule has 0 radical (unpaired) electrons. The number of likely N-dealkylation sites (N-methyl/N-ethyl adjacent to an activating group) is 1. The van der Waals surface area contributed by atoms with Gasteiger partial charge in [0, 0.05) is 50.6 Å². The molecule has 0 amide bonds. The van der Waals surface area contributed by atoms with E-state index >= 15 is 0 Å². The van der Waals surface area contributed by atoms with Crippen molar-refractivity contribution in [3.63, 3.8) is 0 Å². The molecular weight excluding hydrogens is 250 g/mol. The van der Waals surface area contributed by atoms with Gasteiger partial charge in [0.25, 0.3) is 0 Å². The van der Waals surface area contributed by atoms with E-state index in [1.54, 1.807) is 0 Å². The van der Waals surface area contributed by atoms with Crippen LogP contribution in [0.2, 0.25) is 0 Å². The monoisotopic (exact) mass is 277 g/mol. The van der Waals surface area contributed by atoms with Gasteiger partial charge >= 0.3 is 0 Å². The van der Waals surface area contributed by atoms with Gasteiger partial charge in [-0.15, -0.1) is 0 Å². The Morgan fingerprint density at radius 1 is 1.45 bits per heavy atom. The maximum Gasteiger partial charge on any atom is 0.0726 e. The summed E-state index contributed by atoms with van der Waals surface area (Å²) in [6.45, 7) is 6.28. The van der Waals surface area contributed by atoms with Gasteiger partial charge in [-0.1, -0.05) is 6.07 Å². The summed E-state index contributed by atoms with van der Waals surface area (Å²) in [5, 5.41) is 3.57. The van der Waals surface area contributed by atoms with E-state index in [9.17, 15) is 0 Å². The first-order valence-corrected chi connectivity index (χ1v) is 7.69. The van der Waals surface area contributed by atoms with Gasteiger partial charge in [-0.25, -0.2) is 0 Å². The van der Waals surface area contributed by atoms with E-state index in [2.05, 4.69) is 35.2 Å². The van der Waals surface area contributed by atoms with Crippen LogP contribution >= 0.6 is 0 Å². The number of hydrogen-bond donors (Lipinski definition) is 1. The van der Waals surface area contributed by atoms with Crippen LogP contribution in [0, 0.1) is 0 Å². The summed E-state index contributed by atoms with van der Waals surface area (Å²) in [4.78, 5) is 6.70. The van der Waals surface area contributed by atoms with E-state index in [-0.39, 0.29) is 0 Å². The van der Waals surface area contributed by atoms with Crippen LogP contribution in [0.5, 0.6) is 0 Å². The zero-order valence-corrected chi connectivity index (χ0v) is 12.7. The molecule has 1 aliphatic rings. The van der Waals surface area contributed by atoms with Gasteiger partial charge in [0.05, 0.1) is 6.10 Å². The van der Waals surface area contributed by atoms with E-state index in [4.69, 9.17) is 4.74 Å². The molecule has 2 heterocycles. The van der Waals surface area contributed by atoms with Crippen molar-refractivity contribution in [2.75, 3.05) is 33.3 Å². The molecule has 20 heavy (non-hydrogen) atoms. The molecule has 1 aromatic rings. The lowest BCUT2D eigenvalue weighted by Gasteiger charge is -2.22. The van der Waals surface area contributed by atoms with E-state index < -0.39 is 0 Å². The fraction of sp³-hybridized carbons (Fsp3) is 0.688. The Balaban J connectivity index is 1.56. The standard InChI is InChI=1S/C16H27N3O/c1-14(16-7-5-13-20-16)17-10-12-19(2)11-8-15-6-3-4-9-18-15/h3-4,6,9,14,16-17H,5,7-8,10-13H2,1-2H3. The van der Waals surface area contributed by atoms with Crippen molar-refractivity contribution in [2.45, 2.75) is 38.3 Å². The Kier molecular flexibility index (Phi) is 6.43. The average Bonchev–Trinajstić information content (AvgIpc) is 3.00. The predicted octanol–water partition coefficient (Wildman–Crippen LogP) is 1.71. The minimum absolute atomic E-state index is 0.411. The molecule has 0 saturated carbocycles. The molecule has 0 bridgehead atoms. The third-order valence-corrected chi connectivity index (χ3v) is 3.96. The molecule has 1 N–H and O–H groups in total. The smallest absolute Gasteiger partial charge is 0.0726 e. The number of aromatic nitrogens is 1. The van der Waals surface area contributed by atoms with Crippen LogP contribution in [0.4, 0.5) is 0 Å². The summed E-state index contributed by atoms with van der Waals surface area (Å²) in [5.41, 5.74) is 1.17. The van der Waals surface area contributed by atoms with Crippen LogP contribution < -0.4 is 5.32 Å². The minimum Gasteiger partial charge on any atom is -0.377 e. The first-order chi connectivity index (χ1) is 9.75. The van der Waals surface area contributed by atoms with Crippen molar-refractivity contribution in [2.24, 2.45) is 0 Å². The summed E-state index contributed by atoms with van der Waals surface area (Å²) >= 11 is 0. The van der Waals surface area contributed by atoms with Gasteiger partial charge in [0.1, 0.15) is 0 Å². The van der Waals surface area contributed by atoms with Gasteiger partial charge in [0.15, 0.2) is 0 Å².